The number of rotatable bonds is 6. The molecule has 1 aromatic heterocycles. The first-order valence-electron chi connectivity index (χ1n) is 8.60. The van der Waals surface area contributed by atoms with Crippen molar-refractivity contribution in [2.24, 2.45) is 5.10 Å². The Kier molecular flexibility index (Phi) is 5.80. The number of nitrogens with one attached hydrogen (secondary N) is 1. The topological polar surface area (TPSA) is 46.5 Å². The van der Waals surface area contributed by atoms with Gasteiger partial charge >= 0.3 is 0 Å². The lowest BCUT2D eigenvalue weighted by molar-refractivity contribution is 0.482. The van der Waals surface area contributed by atoms with Gasteiger partial charge in [-0.15, -0.1) is 11.3 Å². The van der Waals surface area contributed by atoms with Crippen LogP contribution < -0.4 is 10.2 Å². The Morgan fingerprint density at radius 2 is 1.71 bits per heavy atom. The molecule has 0 saturated carbocycles. The van der Waals surface area contributed by atoms with Crippen molar-refractivity contribution >= 4 is 38.6 Å². The maximum atomic E-state index is 5.85. The van der Waals surface area contributed by atoms with Gasteiger partial charge in [-0.2, -0.15) is 5.10 Å². The molecule has 28 heavy (non-hydrogen) atoms. The van der Waals surface area contributed by atoms with Gasteiger partial charge in [0.2, 0.25) is 5.13 Å². The molecular formula is C22H16BrN3OS. The van der Waals surface area contributed by atoms with Gasteiger partial charge < -0.3 is 4.74 Å². The van der Waals surface area contributed by atoms with E-state index in [1.807, 2.05) is 84.2 Å². The minimum absolute atomic E-state index is 0.742. The predicted molar refractivity (Wildman–Crippen MR) is 119 cm³/mol. The molecular weight excluding hydrogens is 434 g/mol. The second kappa shape index (κ2) is 8.82. The third-order valence-electron chi connectivity index (χ3n) is 3.85. The standard InChI is InChI=1S/C22H16BrN3OS/c23-18-11-9-17(10-12-18)21-15-28-22(25-21)26-24-14-16-5-4-8-20(13-16)27-19-6-2-1-3-7-19/h1-15H,(H,25,26)/b24-14+. The Morgan fingerprint density at radius 3 is 2.54 bits per heavy atom. The summed E-state index contributed by atoms with van der Waals surface area (Å²) in [6.45, 7) is 0. The largest absolute Gasteiger partial charge is 0.457 e. The summed E-state index contributed by atoms with van der Waals surface area (Å²) in [5.74, 6) is 1.57. The van der Waals surface area contributed by atoms with Gasteiger partial charge in [-0.1, -0.05) is 58.4 Å². The smallest absolute Gasteiger partial charge is 0.203 e. The molecule has 3 aromatic carbocycles. The number of aromatic nitrogens is 1. The van der Waals surface area contributed by atoms with Crippen LogP contribution in [-0.4, -0.2) is 11.2 Å². The first kappa shape index (κ1) is 18.4. The Morgan fingerprint density at radius 1 is 0.929 bits per heavy atom. The zero-order valence-electron chi connectivity index (χ0n) is 14.7. The summed E-state index contributed by atoms with van der Waals surface area (Å²) in [7, 11) is 0. The fraction of sp³-hybridized carbons (Fsp3) is 0. The van der Waals surface area contributed by atoms with Gasteiger partial charge in [-0.05, 0) is 42.0 Å². The fourth-order valence-electron chi connectivity index (χ4n) is 2.52. The van der Waals surface area contributed by atoms with Crippen molar-refractivity contribution in [3.8, 4) is 22.8 Å². The lowest BCUT2D eigenvalue weighted by Gasteiger charge is -2.05. The van der Waals surface area contributed by atoms with E-state index in [2.05, 4.69) is 31.4 Å². The van der Waals surface area contributed by atoms with Crippen LogP contribution in [0.15, 0.2) is 93.8 Å². The van der Waals surface area contributed by atoms with Crippen molar-refractivity contribution in [1.29, 1.82) is 0 Å². The van der Waals surface area contributed by atoms with E-state index in [9.17, 15) is 0 Å². The van der Waals surface area contributed by atoms with Gasteiger partial charge in [0.25, 0.3) is 0 Å². The van der Waals surface area contributed by atoms with Gasteiger partial charge in [0.15, 0.2) is 0 Å². The van der Waals surface area contributed by atoms with Crippen molar-refractivity contribution in [2.45, 2.75) is 0 Å². The summed E-state index contributed by atoms with van der Waals surface area (Å²) >= 11 is 4.96. The number of hydrazone groups is 1. The summed E-state index contributed by atoms with van der Waals surface area (Å²) in [4.78, 5) is 4.57. The van der Waals surface area contributed by atoms with Gasteiger partial charge in [-0.3, -0.25) is 5.43 Å². The average Bonchev–Trinajstić information content (AvgIpc) is 3.19. The summed E-state index contributed by atoms with van der Waals surface area (Å²) in [6, 6.07) is 25.5. The molecule has 138 valence electrons. The highest BCUT2D eigenvalue weighted by Crippen LogP contribution is 2.26. The summed E-state index contributed by atoms with van der Waals surface area (Å²) in [5.41, 5.74) is 5.92. The number of hydrogen-bond acceptors (Lipinski definition) is 5. The normalized spacial score (nSPS) is 10.9. The van der Waals surface area contributed by atoms with E-state index in [1.54, 1.807) is 6.21 Å². The molecule has 0 bridgehead atoms. The molecule has 0 spiro atoms. The zero-order chi connectivity index (χ0) is 19.2. The van der Waals surface area contributed by atoms with E-state index in [0.717, 1.165) is 37.9 Å². The van der Waals surface area contributed by atoms with Gasteiger partial charge in [0.05, 0.1) is 11.9 Å². The second-order valence-corrected chi connectivity index (χ2v) is 7.68. The SMILES string of the molecule is Brc1ccc(-c2csc(N/N=C/c3cccc(Oc4ccccc4)c3)n2)cc1. The molecule has 4 aromatic rings. The minimum atomic E-state index is 0.742. The number of para-hydroxylation sites is 1. The molecule has 4 nitrogen and oxygen atoms in total. The number of halogens is 1. The van der Waals surface area contributed by atoms with Crippen LogP contribution in [0.4, 0.5) is 5.13 Å². The number of benzene rings is 3. The first-order valence-corrected chi connectivity index (χ1v) is 10.3. The van der Waals surface area contributed by atoms with E-state index in [-0.39, 0.29) is 0 Å². The molecule has 0 aliphatic rings. The molecule has 0 fully saturated rings. The Labute approximate surface area is 175 Å². The molecule has 1 N–H and O–H groups in total. The highest BCUT2D eigenvalue weighted by atomic mass is 79.9. The van der Waals surface area contributed by atoms with Crippen molar-refractivity contribution in [2.75, 3.05) is 5.43 Å². The minimum Gasteiger partial charge on any atom is -0.457 e. The molecule has 1 heterocycles. The molecule has 0 atom stereocenters. The van der Waals surface area contributed by atoms with Crippen LogP contribution in [0.2, 0.25) is 0 Å². The number of anilines is 1. The Balaban J connectivity index is 1.40. The summed E-state index contributed by atoms with van der Waals surface area (Å²) in [6.07, 6.45) is 1.75. The van der Waals surface area contributed by atoms with Crippen LogP contribution in [0.1, 0.15) is 5.56 Å². The molecule has 6 heteroatoms. The maximum Gasteiger partial charge on any atom is 0.203 e. The van der Waals surface area contributed by atoms with Crippen molar-refractivity contribution in [3.05, 3.63) is 94.3 Å². The third-order valence-corrected chi connectivity index (χ3v) is 5.13. The third kappa shape index (κ3) is 4.85. The van der Waals surface area contributed by atoms with Gasteiger partial charge in [0.1, 0.15) is 11.5 Å². The predicted octanol–water partition coefficient (Wildman–Crippen LogP) is 6.81. The van der Waals surface area contributed by atoms with E-state index in [1.165, 1.54) is 11.3 Å². The second-order valence-electron chi connectivity index (χ2n) is 5.90. The Bertz CT molecular complexity index is 1080. The van der Waals surface area contributed by atoms with Gasteiger partial charge in [0, 0.05) is 15.4 Å². The zero-order valence-corrected chi connectivity index (χ0v) is 17.2. The quantitative estimate of drug-likeness (QED) is 0.259. The molecule has 0 unspecified atom stereocenters. The lowest BCUT2D eigenvalue weighted by Crippen LogP contribution is -1.91. The molecule has 0 radical (unpaired) electrons. The lowest BCUT2D eigenvalue weighted by atomic mass is 10.2. The Hall–Kier alpha value is -2.96. The average molecular weight is 450 g/mol. The number of nitrogens with zero attached hydrogens (tertiary/aromatic N) is 2. The molecule has 0 saturated heterocycles. The molecule has 0 aliphatic carbocycles. The number of ether oxygens (including phenoxy) is 1. The monoisotopic (exact) mass is 449 g/mol. The molecule has 0 aliphatic heterocycles. The summed E-state index contributed by atoms with van der Waals surface area (Å²) in [5, 5.41) is 7.04. The van der Waals surface area contributed by atoms with Crippen LogP contribution >= 0.6 is 27.3 Å². The van der Waals surface area contributed by atoms with Crippen molar-refractivity contribution < 1.29 is 4.74 Å². The summed E-state index contributed by atoms with van der Waals surface area (Å²) < 4.78 is 6.90. The van der Waals surface area contributed by atoms with Crippen LogP contribution in [0, 0.1) is 0 Å². The maximum absolute atomic E-state index is 5.85. The van der Waals surface area contributed by atoms with E-state index in [4.69, 9.17) is 4.74 Å². The fourth-order valence-corrected chi connectivity index (χ4v) is 3.46. The van der Waals surface area contributed by atoms with Crippen LogP contribution in [0.25, 0.3) is 11.3 Å². The van der Waals surface area contributed by atoms with Crippen molar-refractivity contribution in [3.63, 3.8) is 0 Å². The van der Waals surface area contributed by atoms with E-state index in [0.29, 0.717) is 0 Å². The van der Waals surface area contributed by atoms with Crippen LogP contribution in [0.3, 0.4) is 0 Å². The molecule has 4 rings (SSSR count). The van der Waals surface area contributed by atoms with Crippen molar-refractivity contribution in [1.82, 2.24) is 4.98 Å². The van der Waals surface area contributed by atoms with Gasteiger partial charge in [-0.25, -0.2) is 4.98 Å². The number of hydrogen-bond donors (Lipinski definition) is 1. The number of thiazole rings is 1. The highest BCUT2D eigenvalue weighted by molar-refractivity contribution is 9.10. The molecule has 0 amide bonds. The highest BCUT2D eigenvalue weighted by Gasteiger charge is 2.04. The van der Waals surface area contributed by atoms with Crippen LogP contribution in [-0.2, 0) is 0 Å². The first-order chi connectivity index (χ1) is 13.8. The van der Waals surface area contributed by atoms with Crippen LogP contribution in [0.5, 0.6) is 11.5 Å². The van der Waals surface area contributed by atoms with E-state index >= 15 is 0 Å². The van der Waals surface area contributed by atoms with E-state index < -0.39 is 0 Å².